The van der Waals surface area contributed by atoms with Crippen molar-refractivity contribution in [2.24, 2.45) is 0 Å². The van der Waals surface area contributed by atoms with E-state index in [9.17, 15) is 52.6 Å². The van der Waals surface area contributed by atoms with Crippen LogP contribution in [0.3, 0.4) is 0 Å². The van der Waals surface area contributed by atoms with Crippen LogP contribution < -0.4 is 27.1 Å². The lowest BCUT2D eigenvalue weighted by atomic mass is 9.96. The highest BCUT2D eigenvalue weighted by Crippen LogP contribution is 2.66. The maximum absolute atomic E-state index is 13.0. The van der Waals surface area contributed by atoms with Crippen molar-refractivity contribution in [2.75, 3.05) is 26.7 Å². The number of phosphoric acid groups is 3. The summed E-state index contributed by atoms with van der Waals surface area (Å²) in [6, 6.07) is 8.48. The molecule has 22 nitrogen and oxygen atoms in total. The fourth-order valence-corrected chi connectivity index (χ4v) is 8.60. The molecule has 2 aromatic rings. The number of nitrogens with zero attached hydrogens (tertiary/aromatic N) is 2. The number of ether oxygens (including phenoxy) is 1. The summed E-state index contributed by atoms with van der Waals surface area (Å²) < 4.78 is 58.5. The molecular formula is C31H32N4O18P3-. The Labute approximate surface area is 314 Å². The molecule has 6 N–H and O–H groups in total. The molecular weight excluding hydrogens is 809 g/mol. The van der Waals surface area contributed by atoms with E-state index in [0.29, 0.717) is 16.5 Å². The summed E-state index contributed by atoms with van der Waals surface area (Å²) in [7, 11) is -15.3. The van der Waals surface area contributed by atoms with E-state index in [-0.39, 0.29) is 72.8 Å². The predicted octanol–water partition coefficient (Wildman–Crippen LogP) is 0.401. The van der Waals surface area contributed by atoms with Crippen molar-refractivity contribution in [3.05, 3.63) is 84.8 Å². The zero-order chi connectivity index (χ0) is 41.0. The number of fused-ring (bicyclic) bond motifs is 2. The quantitative estimate of drug-likeness (QED) is 0.0568. The number of hydrogen-bond donors (Lipinski definition) is 6. The Morgan fingerprint density at radius 1 is 1.05 bits per heavy atom. The number of benzene rings is 2. The van der Waals surface area contributed by atoms with E-state index >= 15 is 0 Å². The molecule has 300 valence electrons. The third-order valence-corrected chi connectivity index (χ3v) is 11.8. The first-order valence-corrected chi connectivity index (χ1v) is 20.7. The van der Waals surface area contributed by atoms with E-state index in [0.717, 1.165) is 10.8 Å². The highest BCUT2D eigenvalue weighted by Gasteiger charge is 2.41. The molecule has 1 aromatic carbocycles. The molecule has 1 saturated heterocycles. The van der Waals surface area contributed by atoms with Crippen LogP contribution in [0, 0.1) is 11.8 Å². The van der Waals surface area contributed by atoms with Crippen molar-refractivity contribution >= 4 is 46.3 Å². The van der Waals surface area contributed by atoms with Crippen molar-refractivity contribution in [3.63, 3.8) is 0 Å². The van der Waals surface area contributed by atoms with Gasteiger partial charge in [0.05, 0.1) is 25.8 Å². The Balaban J connectivity index is 1.12. The van der Waals surface area contributed by atoms with Gasteiger partial charge in [0.25, 0.3) is 5.56 Å². The molecule has 2 amide bonds. The zero-order valence-corrected chi connectivity index (χ0v) is 31.6. The van der Waals surface area contributed by atoms with Crippen LogP contribution in [-0.4, -0.2) is 78.7 Å². The van der Waals surface area contributed by atoms with Gasteiger partial charge in [-0.05, 0) is 43.0 Å². The molecule has 0 saturated carbocycles. The Bertz CT molecular complexity index is 2520. The van der Waals surface area contributed by atoms with Gasteiger partial charge in [-0.1, -0.05) is 24.0 Å². The molecule has 2 aliphatic heterocycles. The number of hydrogen-bond acceptors (Lipinski definition) is 14. The summed E-state index contributed by atoms with van der Waals surface area (Å²) in [5.74, 6) is 4.12. The van der Waals surface area contributed by atoms with Gasteiger partial charge in [-0.25, -0.2) is 18.5 Å². The van der Waals surface area contributed by atoms with E-state index in [1.54, 1.807) is 12.1 Å². The lowest BCUT2D eigenvalue weighted by molar-refractivity contribution is -0.268. The number of carbonyl (C=O) groups excluding carboxylic acids is 2. The molecule has 25 heteroatoms. The average molecular weight is 842 g/mol. The summed E-state index contributed by atoms with van der Waals surface area (Å²) in [6.45, 7) is -1.33. The second kappa shape index (κ2) is 17.2. The fraction of sp³-hybridized carbons (Fsp3) is 0.323. The number of nitrogens with one attached hydrogen (secondary N) is 2. The zero-order valence-electron chi connectivity index (χ0n) is 28.9. The van der Waals surface area contributed by atoms with Gasteiger partial charge < -0.3 is 44.1 Å². The first kappa shape index (κ1) is 42.4. The summed E-state index contributed by atoms with van der Waals surface area (Å²) in [6.07, 6.45) is -0.523. The van der Waals surface area contributed by atoms with E-state index in [1.807, 2.05) is 0 Å². The molecule has 1 aromatic heterocycles. The number of aromatic nitrogens is 2. The average Bonchev–Trinajstić information content (AvgIpc) is 3.55. The van der Waals surface area contributed by atoms with Gasteiger partial charge in [-0.2, -0.15) is 8.62 Å². The number of carbonyl (C=O) groups is 2. The number of amides is 2. The molecule has 0 radical (unpaired) electrons. The van der Waals surface area contributed by atoms with Gasteiger partial charge in [0, 0.05) is 36.7 Å². The van der Waals surface area contributed by atoms with Gasteiger partial charge in [0.2, 0.25) is 11.8 Å². The molecule has 3 aliphatic rings. The van der Waals surface area contributed by atoms with Crippen LogP contribution in [0.2, 0.25) is 0 Å². The number of aryl methyl sites for hydroxylation is 1. The van der Waals surface area contributed by atoms with Crippen LogP contribution in [0.15, 0.2) is 61.4 Å². The highest BCUT2D eigenvalue weighted by atomic mass is 31.3. The van der Waals surface area contributed by atoms with Crippen molar-refractivity contribution in [1.82, 2.24) is 19.8 Å². The summed E-state index contributed by atoms with van der Waals surface area (Å²) in [5.41, 5.74) is -0.676. The van der Waals surface area contributed by atoms with Gasteiger partial charge in [-0.3, -0.25) is 33.3 Å². The second-order valence-corrected chi connectivity index (χ2v) is 16.5. The normalized spacial score (nSPS) is 17.8. The van der Waals surface area contributed by atoms with Crippen LogP contribution in [0.1, 0.15) is 36.6 Å². The Kier molecular flexibility index (Phi) is 13.0. The van der Waals surface area contributed by atoms with Crippen LogP contribution in [0.25, 0.3) is 22.3 Å². The first-order chi connectivity index (χ1) is 26.2. The Hall–Kier alpha value is -4.74. The Morgan fingerprint density at radius 3 is 2.54 bits per heavy atom. The third kappa shape index (κ3) is 11.4. The minimum absolute atomic E-state index is 0.0200. The fourth-order valence-electron chi connectivity index (χ4n) is 5.55. The predicted molar refractivity (Wildman–Crippen MR) is 189 cm³/mol. The van der Waals surface area contributed by atoms with Crippen molar-refractivity contribution in [3.8, 4) is 28.9 Å². The number of phosphoric ester groups is 1. The monoisotopic (exact) mass is 841 g/mol. The van der Waals surface area contributed by atoms with E-state index in [4.69, 9.17) is 18.9 Å². The van der Waals surface area contributed by atoms with Crippen LogP contribution in [-0.2, 0) is 47.6 Å². The van der Waals surface area contributed by atoms with E-state index in [2.05, 4.69) is 35.3 Å². The molecule has 1 fully saturated rings. The highest BCUT2D eigenvalue weighted by molar-refractivity contribution is 7.66. The number of likely N-dealkylation sites (N-methyl/N-ethyl adjacent to an activating group) is 1. The molecule has 56 heavy (non-hydrogen) atoms. The topological polar surface area (TPSA) is 327 Å². The molecule has 4 unspecified atom stereocenters. The largest absolute Gasteiger partial charge is 0.872 e. The van der Waals surface area contributed by atoms with E-state index < -0.39 is 59.6 Å². The summed E-state index contributed by atoms with van der Waals surface area (Å²) >= 11 is 0. The standard InChI is InChI=1S/C31H33N4O18P3/c1-34(28(39)10-9-22-23-7-4-19(36)13-25(23)51-26-14-20(37)5-8-24(22)26)16-27(38)32-12-2-3-18-15-35(31(41)33-30(18)40)29-11-6-21(50-29)17-49-55(45,46)53-56(47,48)52-54(42,43)44/h4-5,7-8,13-15,21,29,36H,6,9-12,16-17H2,1H3,(H,32,38)(H,45,46)(H,47,48)(H,33,40,41)(H2,42,43,44)/p-1. The minimum atomic E-state index is -5.72. The van der Waals surface area contributed by atoms with Crippen molar-refractivity contribution in [2.45, 2.75) is 38.0 Å². The van der Waals surface area contributed by atoms with Gasteiger partial charge in [-0.15, -0.1) is 5.75 Å². The smallest absolute Gasteiger partial charge is 0.490 e. The van der Waals surface area contributed by atoms with Crippen LogP contribution >= 0.6 is 23.5 Å². The van der Waals surface area contributed by atoms with Crippen molar-refractivity contribution in [1.29, 1.82) is 0 Å². The van der Waals surface area contributed by atoms with Crippen molar-refractivity contribution < 1.29 is 70.3 Å². The Morgan fingerprint density at radius 2 is 1.80 bits per heavy atom. The molecule has 4 atom stereocenters. The maximum Gasteiger partial charge on any atom is 0.490 e. The van der Waals surface area contributed by atoms with Gasteiger partial charge >= 0.3 is 29.2 Å². The second-order valence-electron chi connectivity index (χ2n) is 12.1. The molecule has 1 aliphatic carbocycles. The minimum Gasteiger partial charge on any atom is -0.872 e. The lowest BCUT2D eigenvalue weighted by Crippen LogP contribution is -2.38. The summed E-state index contributed by atoms with van der Waals surface area (Å²) in [4.78, 5) is 102. The van der Waals surface area contributed by atoms with E-state index in [1.165, 1.54) is 36.2 Å². The molecule has 0 spiro atoms. The third-order valence-electron chi connectivity index (χ3n) is 7.97. The molecule has 5 rings (SSSR count). The summed E-state index contributed by atoms with van der Waals surface area (Å²) in [5, 5.41) is 15.0. The van der Waals surface area contributed by atoms with Crippen LogP contribution in [0.4, 0.5) is 0 Å². The van der Waals surface area contributed by atoms with Gasteiger partial charge in [0.15, 0.2) is 5.43 Å². The maximum atomic E-state index is 13.0. The number of rotatable bonds is 14. The van der Waals surface area contributed by atoms with Gasteiger partial charge in [0.1, 0.15) is 23.1 Å². The number of H-pyrrole nitrogens is 1. The van der Waals surface area contributed by atoms with Crippen LogP contribution in [0.5, 0.6) is 5.75 Å². The molecule has 0 bridgehead atoms. The lowest BCUT2D eigenvalue weighted by Gasteiger charge is -2.19. The SMILES string of the molecule is CN(CC(=O)NCC#Cc1cn(C2CCC(COP(=O)(O)OP(=O)(O)OP(=O)(O)O)O2)c(=O)[nH]c1=O)C(=O)CCc1c2ccc(=O)cc-2oc2cc([O-])ccc12. The molecule has 3 heterocycles. The number of aromatic amines is 1. The first-order valence-electron chi connectivity index (χ1n) is 16.1.